The van der Waals surface area contributed by atoms with E-state index in [9.17, 15) is 51.3 Å². The number of unbranched alkanes of at least 4 members (excludes halogenated alkanes) is 14. The Bertz CT molecular complexity index is 2240. The number of nitrogens with one attached hydrogen (secondary N) is 2. The van der Waals surface area contributed by atoms with Gasteiger partial charge in [0.1, 0.15) is 6.61 Å². The molecule has 2 fully saturated rings. The average Bonchev–Trinajstić information content (AvgIpc) is 3.88. The van der Waals surface area contributed by atoms with Crippen molar-refractivity contribution < 1.29 is 66.0 Å². The Morgan fingerprint density at radius 1 is 0.691 bits per heavy atom. The third-order valence-electron chi connectivity index (χ3n) is 12.3. The van der Waals surface area contributed by atoms with E-state index in [2.05, 4.69) is 10.6 Å². The molecule has 0 saturated carbocycles. The summed E-state index contributed by atoms with van der Waals surface area (Å²) in [5.74, 6) is -3.22. The van der Waals surface area contributed by atoms with Gasteiger partial charge in [0.25, 0.3) is 21.9 Å². The van der Waals surface area contributed by atoms with Gasteiger partial charge in [-0.2, -0.15) is 8.42 Å². The van der Waals surface area contributed by atoms with Crippen molar-refractivity contribution in [3.63, 3.8) is 0 Å². The standard InChI is InChI=1S/C48H64N4O14S2/c53-41(49-26-15-12-14-18-46(58)59)17-13-10-8-6-4-2-1-3-5-7-9-11-16-28-67-40-31-45(57)51(47(40)60)27-25-42(54)50-33-19-21-35-36-22-20-34(68(62,63)64)30-38(36)39(37(35)29-33)32-65-48(61)66-52-43(55)23-24-44(52)56/h19-22,29-30,39-40H,1-18,23-28,31-32H2,(H,49,53)(H,50,54)(H,58,59)(H,62,63,64). The van der Waals surface area contributed by atoms with E-state index in [0.29, 0.717) is 52.4 Å². The number of carbonyl (C=O) groups excluding carboxylic acids is 7. The van der Waals surface area contributed by atoms with Crippen molar-refractivity contribution >= 4 is 75.1 Å². The minimum absolute atomic E-state index is 0.0786. The number of benzene rings is 2. The first-order valence-corrected chi connectivity index (χ1v) is 26.3. The summed E-state index contributed by atoms with van der Waals surface area (Å²) in [6.07, 6.45) is 16.0. The number of hydroxylamine groups is 2. The van der Waals surface area contributed by atoms with Crippen LogP contribution in [0.5, 0.6) is 0 Å². The number of ether oxygens (including phenoxy) is 1. The largest absolute Gasteiger partial charge is 0.533 e. The number of hydrogen-bond acceptors (Lipinski definition) is 13. The molecule has 2 unspecified atom stereocenters. The van der Waals surface area contributed by atoms with Crippen molar-refractivity contribution in [2.75, 3.05) is 30.8 Å². The fourth-order valence-corrected chi connectivity index (χ4v) is 10.3. The third kappa shape index (κ3) is 16.7. The number of anilines is 1. The molecule has 372 valence electrons. The van der Waals surface area contributed by atoms with Crippen LogP contribution in [0.4, 0.5) is 10.5 Å². The highest BCUT2D eigenvalue weighted by Gasteiger charge is 2.39. The number of hydrogen-bond donors (Lipinski definition) is 4. The number of likely N-dealkylation sites (tertiary alicyclic amines) is 1. The molecule has 0 spiro atoms. The van der Waals surface area contributed by atoms with Gasteiger partial charge in [-0.05, 0) is 78.0 Å². The van der Waals surface area contributed by atoms with Gasteiger partial charge in [0.2, 0.25) is 23.6 Å². The lowest BCUT2D eigenvalue weighted by Crippen LogP contribution is -2.34. The lowest BCUT2D eigenvalue weighted by atomic mass is 9.97. The monoisotopic (exact) mass is 984 g/mol. The van der Waals surface area contributed by atoms with Crippen LogP contribution < -0.4 is 10.6 Å². The van der Waals surface area contributed by atoms with Crippen LogP contribution in [0.25, 0.3) is 11.1 Å². The van der Waals surface area contributed by atoms with Crippen LogP contribution >= 0.6 is 11.8 Å². The number of fused-ring (bicyclic) bond motifs is 3. The topological polar surface area (TPSA) is 260 Å². The van der Waals surface area contributed by atoms with Crippen molar-refractivity contribution in [1.29, 1.82) is 0 Å². The minimum Gasteiger partial charge on any atom is -0.481 e. The molecule has 2 aliphatic heterocycles. The summed E-state index contributed by atoms with van der Waals surface area (Å²) >= 11 is 1.48. The maximum atomic E-state index is 13.1. The van der Waals surface area contributed by atoms with E-state index in [1.54, 1.807) is 18.2 Å². The molecule has 2 atom stereocenters. The average molecular weight is 985 g/mol. The van der Waals surface area contributed by atoms with E-state index in [1.165, 1.54) is 74.9 Å². The van der Waals surface area contributed by atoms with Gasteiger partial charge in [-0.1, -0.05) is 94.2 Å². The lowest BCUT2D eigenvalue weighted by Gasteiger charge is -2.17. The Morgan fingerprint density at radius 3 is 1.90 bits per heavy atom. The van der Waals surface area contributed by atoms with E-state index in [0.717, 1.165) is 62.0 Å². The molecule has 0 aromatic heterocycles. The number of carboxylic acids is 1. The summed E-state index contributed by atoms with van der Waals surface area (Å²) < 4.78 is 39.0. The number of rotatable bonds is 31. The molecular weight excluding hydrogens is 921 g/mol. The normalized spacial score (nSPS) is 16.5. The van der Waals surface area contributed by atoms with E-state index in [-0.39, 0.29) is 56.4 Å². The molecule has 5 rings (SSSR count). The van der Waals surface area contributed by atoms with Crippen LogP contribution in [0.2, 0.25) is 0 Å². The number of carbonyl (C=O) groups is 8. The molecule has 1 aliphatic carbocycles. The molecule has 4 N–H and O–H groups in total. The highest BCUT2D eigenvalue weighted by Crippen LogP contribution is 2.47. The minimum atomic E-state index is -4.60. The maximum absolute atomic E-state index is 13.1. The molecule has 0 radical (unpaired) electrons. The molecular formula is C48H64N4O14S2. The van der Waals surface area contributed by atoms with Gasteiger partial charge in [0.05, 0.1) is 10.1 Å². The Hall–Kier alpha value is -5.34. The highest BCUT2D eigenvalue weighted by atomic mass is 32.2. The smallest absolute Gasteiger partial charge is 0.481 e. The molecule has 68 heavy (non-hydrogen) atoms. The number of amides is 6. The van der Waals surface area contributed by atoms with Gasteiger partial charge in [0.15, 0.2) is 0 Å². The Labute approximate surface area is 401 Å². The van der Waals surface area contributed by atoms with Gasteiger partial charge in [-0.25, -0.2) is 4.79 Å². The maximum Gasteiger partial charge on any atom is 0.533 e. The summed E-state index contributed by atoms with van der Waals surface area (Å²) in [7, 11) is -4.60. The third-order valence-corrected chi connectivity index (χ3v) is 14.4. The van der Waals surface area contributed by atoms with E-state index < -0.39 is 62.6 Å². The first-order valence-electron chi connectivity index (χ1n) is 23.8. The van der Waals surface area contributed by atoms with Crippen LogP contribution in [0, 0.1) is 0 Å². The SMILES string of the molecule is O=C(O)CCCCCNC(=O)CCCCCCCCCCCCCCCSC1CC(=O)N(CCC(=O)Nc2ccc3c(c2)C(COC(=O)ON2C(=O)CCC2=O)c2cc(S(=O)(=O)O)ccc2-3)C1=O. The number of imide groups is 2. The Kier molecular flexibility index (Phi) is 21.3. The van der Waals surface area contributed by atoms with Crippen LogP contribution in [0.15, 0.2) is 41.3 Å². The van der Waals surface area contributed by atoms with Crippen molar-refractivity contribution in [1.82, 2.24) is 15.3 Å². The van der Waals surface area contributed by atoms with Crippen LogP contribution in [-0.2, 0) is 53.3 Å². The van der Waals surface area contributed by atoms with Crippen LogP contribution in [0.1, 0.15) is 158 Å². The molecule has 2 aromatic rings. The predicted molar refractivity (Wildman–Crippen MR) is 252 cm³/mol. The van der Waals surface area contributed by atoms with E-state index in [1.807, 2.05) is 0 Å². The van der Waals surface area contributed by atoms with Gasteiger partial charge in [-0.3, -0.25) is 47.9 Å². The van der Waals surface area contributed by atoms with Gasteiger partial charge in [-0.15, -0.1) is 11.8 Å². The van der Waals surface area contributed by atoms with E-state index >= 15 is 0 Å². The fourth-order valence-electron chi connectivity index (χ4n) is 8.57. The molecule has 2 heterocycles. The van der Waals surface area contributed by atoms with Crippen LogP contribution in [0.3, 0.4) is 0 Å². The Morgan fingerprint density at radius 2 is 1.26 bits per heavy atom. The summed E-state index contributed by atoms with van der Waals surface area (Å²) in [5.41, 5.74) is 2.47. The summed E-state index contributed by atoms with van der Waals surface area (Å²) in [6.45, 7) is 0.108. The first kappa shape index (κ1) is 53.6. The second-order valence-corrected chi connectivity index (χ2v) is 20.2. The van der Waals surface area contributed by atoms with Crippen molar-refractivity contribution in [3.8, 4) is 11.1 Å². The molecule has 0 bridgehead atoms. The quantitative estimate of drug-likeness (QED) is 0.0244. The number of nitrogens with zero attached hydrogens (tertiary/aromatic N) is 2. The number of thioether (sulfide) groups is 1. The molecule has 2 aromatic carbocycles. The zero-order valence-corrected chi connectivity index (χ0v) is 40.1. The van der Waals surface area contributed by atoms with Gasteiger partial charge in [0, 0.05) is 63.2 Å². The summed E-state index contributed by atoms with van der Waals surface area (Å²) in [5, 5.41) is 14.2. The summed E-state index contributed by atoms with van der Waals surface area (Å²) in [4.78, 5) is 103. The zero-order valence-electron chi connectivity index (χ0n) is 38.5. The van der Waals surface area contributed by atoms with Gasteiger partial charge >= 0.3 is 12.1 Å². The first-order chi connectivity index (χ1) is 32.6. The van der Waals surface area contributed by atoms with Crippen LogP contribution in [-0.4, -0.2) is 106 Å². The Balaban J connectivity index is 0.932. The van der Waals surface area contributed by atoms with Crippen molar-refractivity contribution in [3.05, 3.63) is 47.5 Å². The van der Waals surface area contributed by atoms with Crippen molar-refractivity contribution in [2.24, 2.45) is 0 Å². The second kappa shape index (κ2) is 27.0. The zero-order chi connectivity index (χ0) is 49.1. The highest BCUT2D eigenvalue weighted by molar-refractivity contribution is 8.00. The fraction of sp³-hybridized carbons (Fsp3) is 0.583. The number of carboxylic acid groups (broad SMARTS) is 1. The lowest BCUT2D eigenvalue weighted by molar-refractivity contribution is -0.177. The predicted octanol–water partition coefficient (Wildman–Crippen LogP) is 7.67. The molecule has 3 aliphatic rings. The van der Waals surface area contributed by atoms with E-state index in [4.69, 9.17) is 14.7 Å². The second-order valence-electron chi connectivity index (χ2n) is 17.5. The van der Waals surface area contributed by atoms with Gasteiger partial charge < -0.3 is 20.5 Å². The van der Waals surface area contributed by atoms with Crippen molar-refractivity contribution in [2.45, 2.75) is 157 Å². The summed E-state index contributed by atoms with van der Waals surface area (Å²) in [6, 6.07) is 8.90. The molecule has 18 nitrogen and oxygen atoms in total. The molecule has 6 amide bonds. The molecule has 2 saturated heterocycles. The number of aliphatic carboxylic acids is 1. The molecule has 20 heteroatoms.